The molecule has 0 saturated carbocycles. The first-order valence-electron chi connectivity index (χ1n) is 7.34. The SMILES string of the molecule is CCOC(=O)c1cc2cnc3c(=N)cc(NC(=O)CC)c([nH]1)c23. The van der Waals surface area contributed by atoms with Crippen LogP contribution in [0, 0.1) is 5.41 Å². The van der Waals surface area contributed by atoms with E-state index in [0.717, 1.165) is 10.8 Å². The second-order valence-electron chi connectivity index (χ2n) is 5.09. The minimum Gasteiger partial charge on any atom is -0.461 e. The van der Waals surface area contributed by atoms with Crippen molar-refractivity contribution in [3.8, 4) is 0 Å². The van der Waals surface area contributed by atoms with Gasteiger partial charge in [0, 0.05) is 23.4 Å². The fourth-order valence-electron chi connectivity index (χ4n) is 2.51. The van der Waals surface area contributed by atoms with E-state index in [9.17, 15) is 9.59 Å². The van der Waals surface area contributed by atoms with Gasteiger partial charge in [0.2, 0.25) is 5.91 Å². The van der Waals surface area contributed by atoms with Crippen molar-refractivity contribution in [3.63, 3.8) is 0 Å². The van der Waals surface area contributed by atoms with Gasteiger partial charge in [-0.05, 0) is 19.1 Å². The molecule has 3 rings (SSSR count). The van der Waals surface area contributed by atoms with Gasteiger partial charge >= 0.3 is 5.97 Å². The van der Waals surface area contributed by atoms with Crippen molar-refractivity contribution in [1.82, 2.24) is 9.97 Å². The van der Waals surface area contributed by atoms with E-state index in [1.54, 1.807) is 26.1 Å². The van der Waals surface area contributed by atoms with E-state index in [0.29, 0.717) is 23.1 Å². The summed E-state index contributed by atoms with van der Waals surface area (Å²) in [5, 5.41) is 12.5. The van der Waals surface area contributed by atoms with Crippen LogP contribution in [0.1, 0.15) is 30.8 Å². The average molecular weight is 312 g/mol. The summed E-state index contributed by atoms with van der Waals surface area (Å²) in [6.07, 6.45) is 1.93. The molecule has 0 spiro atoms. The highest BCUT2D eigenvalue weighted by molar-refractivity contribution is 6.15. The van der Waals surface area contributed by atoms with Crippen LogP contribution in [0.2, 0.25) is 0 Å². The van der Waals surface area contributed by atoms with Crippen molar-refractivity contribution in [2.45, 2.75) is 20.3 Å². The van der Waals surface area contributed by atoms with Crippen LogP contribution in [0.5, 0.6) is 0 Å². The lowest BCUT2D eigenvalue weighted by molar-refractivity contribution is -0.115. The molecule has 118 valence electrons. The summed E-state index contributed by atoms with van der Waals surface area (Å²) < 4.78 is 5.02. The highest BCUT2D eigenvalue weighted by atomic mass is 16.5. The van der Waals surface area contributed by atoms with Crippen LogP contribution < -0.4 is 10.7 Å². The van der Waals surface area contributed by atoms with Crippen LogP contribution in [0.3, 0.4) is 0 Å². The Hall–Kier alpha value is -2.96. The van der Waals surface area contributed by atoms with Gasteiger partial charge in [-0.1, -0.05) is 6.92 Å². The fraction of sp³-hybridized carbons (Fsp3) is 0.250. The number of aromatic amines is 1. The maximum Gasteiger partial charge on any atom is 0.354 e. The zero-order valence-electron chi connectivity index (χ0n) is 12.8. The number of pyridine rings is 1. The molecule has 0 saturated heterocycles. The lowest BCUT2D eigenvalue weighted by Gasteiger charge is -2.10. The van der Waals surface area contributed by atoms with E-state index in [4.69, 9.17) is 10.1 Å². The second-order valence-corrected chi connectivity index (χ2v) is 5.09. The number of hydrogen-bond donors (Lipinski definition) is 3. The molecule has 2 aromatic heterocycles. The van der Waals surface area contributed by atoms with E-state index in [1.807, 2.05) is 0 Å². The maximum absolute atomic E-state index is 12.0. The van der Waals surface area contributed by atoms with E-state index >= 15 is 0 Å². The van der Waals surface area contributed by atoms with Crippen LogP contribution in [0.4, 0.5) is 5.69 Å². The number of benzene rings is 1. The maximum atomic E-state index is 12.0. The van der Waals surface area contributed by atoms with Crippen LogP contribution in [0.15, 0.2) is 18.3 Å². The molecule has 0 aliphatic rings. The first kappa shape index (κ1) is 15.0. The van der Waals surface area contributed by atoms with E-state index in [2.05, 4.69) is 15.3 Å². The molecule has 1 aromatic carbocycles. The summed E-state index contributed by atoms with van der Waals surface area (Å²) in [4.78, 5) is 31.0. The number of ether oxygens (including phenoxy) is 1. The summed E-state index contributed by atoms with van der Waals surface area (Å²) in [5.41, 5.74) is 1.82. The minimum atomic E-state index is -0.477. The summed E-state index contributed by atoms with van der Waals surface area (Å²) in [5.74, 6) is -0.648. The molecular formula is C16H16N4O3. The highest BCUT2D eigenvalue weighted by Crippen LogP contribution is 2.29. The molecule has 0 atom stereocenters. The van der Waals surface area contributed by atoms with Gasteiger partial charge in [-0.3, -0.25) is 15.2 Å². The third kappa shape index (κ3) is 2.50. The molecule has 23 heavy (non-hydrogen) atoms. The second kappa shape index (κ2) is 5.68. The molecule has 2 heterocycles. The molecule has 0 fully saturated rings. The Morgan fingerprint density at radius 1 is 1.35 bits per heavy atom. The monoisotopic (exact) mass is 312 g/mol. The summed E-state index contributed by atoms with van der Waals surface area (Å²) in [6, 6.07) is 3.17. The van der Waals surface area contributed by atoms with E-state index in [-0.39, 0.29) is 23.6 Å². The molecule has 7 heteroatoms. The molecule has 0 bridgehead atoms. The Balaban J connectivity index is 2.28. The lowest BCUT2D eigenvalue weighted by atomic mass is 10.1. The molecule has 7 nitrogen and oxygen atoms in total. The lowest BCUT2D eigenvalue weighted by Crippen LogP contribution is -2.14. The number of nitrogens with zero attached hydrogens (tertiary/aromatic N) is 1. The number of H-pyrrole nitrogens is 1. The van der Waals surface area contributed by atoms with Crippen LogP contribution in [-0.4, -0.2) is 28.5 Å². The number of rotatable bonds is 4. The van der Waals surface area contributed by atoms with Crippen LogP contribution >= 0.6 is 0 Å². The smallest absolute Gasteiger partial charge is 0.354 e. The van der Waals surface area contributed by atoms with Gasteiger partial charge < -0.3 is 15.0 Å². The Morgan fingerprint density at radius 3 is 2.83 bits per heavy atom. The van der Waals surface area contributed by atoms with Crippen molar-refractivity contribution in [1.29, 1.82) is 5.41 Å². The van der Waals surface area contributed by atoms with Crippen molar-refractivity contribution in [2.75, 3.05) is 11.9 Å². The Kier molecular flexibility index (Phi) is 3.69. The fourth-order valence-corrected chi connectivity index (χ4v) is 2.51. The van der Waals surface area contributed by atoms with Gasteiger partial charge in [0.25, 0.3) is 0 Å². The molecule has 0 aliphatic heterocycles. The normalized spacial score (nSPS) is 11.0. The predicted octanol–water partition coefficient (Wildman–Crippen LogP) is 2.16. The number of carbonyl (C=O) groups is 2. The predicted molar refractivity (Wildman–Crippen MR) is 85.5 cm³/mol. The third-order valence-electron chi connectivity index (χ3n) is 3.57. The Morgan fingerprint density at radius 2 is 2.13 bits per heavy atom. The van der Waals surface area contributed by atoms with E-state index < -0.39 is 5.97 Å². The number of amides is 1. The minimum absolute atomic E-state index is 0.171. The molecule has 0 radical (unpaired) electrons. The number of esters is 1. The summed E-state index contributed by atoms with van der Waals surface area (Å²) >= 11 is 0. The van der Waals surface area contributed by atoms with Gasteiger partial charge in [-0.15, -0.1) is 0 Å². The van der Waals surface area contributed by atoms with Crippen LogP contribution in [-0.2, 0) is 9.53 Å². The standard InChI is InChI=1S/C16H16N4O3/c1-3-12(21)19-10-6-9(17)14-13-8(7-18-14)5-11(20-15(10)13)16(22)23-4-2/h5-7,17,20H,3-4H2,1-2H3,(H,19,21). The zero-order chi connectivity index (χ0) is 16.6. The van der Waals surface area contributed by atoms with E-state index in [1.165, 1.54) is 6.07 Å². The van der Waals surface area contributed by atoms with Gasteiger partial charge in [0.05, 0.1) is 28.7 Å². The topological polar surface area (TPSA) is 108 Å². The number of anilines is 1. The van der Waals surface area contributed by atoms with Crippen molar-refractivity contribution in [2.24, 2.45) is 0 Å². The molecular weight excluding hydrogens is 296 g/mol. The molecule has 0 unspecified atom stereocenters. The molecule has 3 aromatic rings. The van der Waals surface area contributed by atoms with Crippen LogP contribution in [0.25, 0.3) is 21.8 Å². The third-order valence-corrected chi connectivity index (χ3v) is 3.57. The van der Waals surface area contributed by atoms with Crippen molar-refractivity contribution >= 4 is 39.4 Å². The number of hydrogen-bond acceptors (Lipinski definition) is 5. The first-order chi connectivity index (χ1) is 11.0. The molecule has 1 amide bonds. The number of carbonyl (C=O) groups excluding carboxylic acids is 2. The number of aromatic nitrogens is 2. The average Bonchev–Trinajstić information content (AvgIpc) is 2.97. The Labute approximate surface area is 131 Å². The molecule has 3 N–H and O–H groups in total. The first-order valence-corrected chi connectivity index (χ1v) is 7.34. The Bertz CT molecular complexity index is 961. The van der Waals surface area contributed by atoms with Gasteiger partial charge in [-0.25, -0.2) is 4.79 Å². The molecule has 0 aliphatic carbocycles. The van der Waals surface area contributed by atoms with Crippen molar-refractivity contribution in [3.05, 3.63) is 29.4 Å². The summed E-state index contributed by atoms with van der Waals surface area (Å²) in [6.45, 7) is 3.75. The van der Waals surface area contributed by atoms with Crippen molar-refractivity contribution < 1.29 is 14.3 Å². The number of nitrogens with one attached hydrogen (secondary N) is 3. The highest BCUT2D eigenvalue weighted by Gasteiger charge is 2.17. The van der Waals surface area contributed by atoms with Gasteiger partial charge in [0.1, 0.15) is 5.69 Å². The quantitative estimate of drug-likeness (QED) is 0.641. The summed E-state index contributed by atoms with van der Waals surface area (Å²) in [7, 11) is 0. The van der Waals surface area contributed by atoms with Gasteiger partial charge in [0.15, 0.2) is 0 Å². The van der Waals surface area contributed by atoms with Gasteiger partial charge in [-0.2, -0.15) is 0 Å². The zero-order valence-corrected chi connectivity index (χ0v) is 12.8. The largest absolute Gasteiger partial charge is 0.461 e.